The fourth-order valence-corrected chi connectivity index (χ4v) is 3.72. The summed E-state index contributed by atoms with van der Waals surface area (Å²) in [7, 11) is 0. The number of nitrogens with one attached hydrogen (secondary N) is 1. The van der Waals surface area contributed by atoms with Crippen molar-refractivity contribution < 1.29 is 19.1 Å². The van der Waals surface area contributed by atoms with Gasteiger partial charge < -0.3 is 9.47 Å². The lowest BCUT2D eigenvalue weighted by molar-refractivity contribution is -0.129. The third kappa shape index (κ3) is 6.90. The number of halogens is 1. The number of carbonyl (C=O) groups is 2. The van der Waals surface area contributed by atoms with Crippen molar-refractivity contribution in [2.75, 3.05) is 0 Å². The van der Waals surface area contributed by atoms with Crippen LogP contribution in [0.25, 0.3) is 16.8 Å². The fourth-order valence-electron chi connectivity index (χ4n) is 3.34. The normalized spacial score (nSPS) is 12.1. The van der Waals surface area contributed by atoms with Gasteiger partial charge in [-0.05, 0) is 59.7 Å². The molecule has 0 radical (unpaired) electrons. The first-order valence-corrected chi connectivity index (χ1v) is 12.0. The van der Waals surface area contributed by atoms with Crippen LogP contribution >= 0.6 is 15.9 Å². The molecule has 4 aromatic carbocycles. The van der Waals surface area contributed by atoms with Gasteiger partial charge in [0.2, 0.25) is 0 Å². The number of ether oxygens (including phenoxy) is 2. The Hall–Kier alpha value is -4.23. The summed E-state index contributed by atoms with van der Waals surface area (Å²) in [4.78, 5) is 24.8. The maximum absolute atomic E-state index is 12.5. The fraction of sp³-hybridized carbons (Fsp3) is 0.0690. The molecule has 0 fully saturated rings. The molecule has 4 aromatic rings. The highest BCUT2D eigenvalue weighted by Crippen LogP contribution is 2.23. The summed E-state index contributed by atoms with van der Waals surface area (Å²) in [6.45, 7) is 1.64. The summed E-state index contributed by atoms with van der Waals surface area (Å²) >= 11 is 3.40. The maximum atomic E-state index is 12.5. The van der Waals surface area contributed by atoms with Crippen molar-refractivity contribution in [3.05, 3.63) is 113 Å². The van der Waals surface area contributed by atoms with Crippen LogP contribution in [-0.4, -0.2) is 24.2 Å². The number of nitrogens with zero attached hydrogens (tertiary/aromatic N) is 1. The Morgan fingerprint density at radius 3 is 2.47 bits per heavy atom. The number of hydrazone groups is 1. The second-order valence-electron chi connectivity index (χ2n) is 7.85. The quantitative estimate of drug-likeness (QED) is 0.0953. The van der Waals surface area contributed by atoms with Gasteiger partial charge >= 0.3 is 5.97 Å². The minimum absolute atomic E-state index is 0.305. The monoisotopic (exact) mass is 542 g/mol. The van der Waals surface area contributed by atoms with E-state index in [1.807, 2.05) is 72.8 Å². The Labute approximate surface area is 217 Å². The van der Waals surface area contributed by atoms with Gasteiger partial charge in [-0.2, -0.15) is 5.10 Å². The van der Waals surface area contributed by atoms with E-state index in [2.05, 4.69) is 26.5 Å². The molecule has 1 amide bonds. The van der Waals surface area contributed by atoms with E-state index in [-0.39, 0.29) is 0 Å². The molecule has 4 rings (SSSR count). The van der Waals surface area contributed by atoms with Gasteiger partial charge in [0, 0.05) is 16.1 Å². The Morgan fingerprint density at radius 2 is 1.67 bits per heavy atom. The standard InChI is InChI=1S/C29H23BrN2O4/c1-20(35-26-14-12-22-9-5-6-10-23(22)18-26)29(34)32-31-19-24-17-25(30)13-15-27(24)36-28(33)16-11-21-7-3-2-4-8-21/h2-20H,1H3,(H,32,34)/b16-11+,31-19-/t20-/m0/s1. The van der Waals surface area contributed by atoms with Gasteiger partial charge in [0.25, 0.3) is 5.91 Å². The van der Waals surface area contributed by atoms with E-state index in [1.165, 1.54) is 12.3 Å². The van der Waals surface area contributed by atoms with Crippen LogP contribution in [0, 0.1) is 0 Å². The molecule has 1 N–H and O–H groups in total. The molecule has 0 heterocycles. The van der Waals surface area contributed by atoms with Crippen LogP contribution < -0.4 is 14.9 Å². The Balaban J connectivity index is 1.37. The summed E-state index contributed by atoms with van der Waals surface area (Å²) in [5.41, 5.74) is 3.86. The number of amides is 1. The molecule has 0 aliphatic carbocycles. The molecular formula is C29H23BrN2O4. The van der Waals surface area contributed by atoms with Crippen LogP contribution in [0.4, 0.5) is 0 Å². The first-order valence-electron chi connectivity index (χ1n) is 11.2. The van der Waals surface area contributed by atoms with Crippen LogP contribution in [-0.2, 0) is 9.59 Å². The summed E-state index contributed by atoms with van der Waals surface area (Å²) in [5, 5.41) is 6.14. The summed E-state index contributed by atoms with van der Waals surface area (Å²) in [6.07, 6.45) is 3.67. The molecular weight excluding hydrogens is 520 g/mol. The molecule has 0 saturated carbocycles. The largest absolute Gasteiger partial charge is 0.481 e. The molecule has 0 aliphatic rings. The smallest absolute Gasteiger partial charge is 0.336 e. The van der Waals surface area contributed by atoms with Crippen molar-refractivity contribution in [2.45, 2.75) is 13.0 Å². The van der Waals surface area contributed by atoms with Crippen LogP contribution in [0.3, 0.4) is 0 Å². The van der Waals surface area contributed by atoms with Crippen LogP contribution in [0.1, 0.15) is 18.1 Å². The highest BCUT2D eigenvalue weighted by molar-refractivity contribution is 9.10. The Kier molecular flexibility index (Phi) is 8.26. The average Bonchev–Trinajstić information content (AvgIpc) is 2.89. The number of carbonyl (C=O) groups excluding carboxylic acids is 2. The number of esters is 1. The second-order valence-corrected chi connectivity index (χ2v) is 8.77. The molecule has 6 nitrogen and oxygen atoms in total. The number of hydrogen-bond acceptors (Lipinski definition) is 5. The maximum Gasteiger partial charge on any atom is 0.336 e. The lowest BCUT2D eigenvalue weighted by Gasteiger charge is -2.13. The summed E-state index contributed by atoms with van der Waals surface area (Å²) < 4.78 is 12.0. The lowest BCUT2D eigenvalue weighted by atomic mass is 10.1. The number of rotatable bonds is 8. The topological polar surface area (TPSA) is 77.0 Å². The molecule has 0 unspecified atom stereocenters. The van der Waals surface area contributed by atoms with Crippen LogP contribution in [0.2, 0.25) is 0 Å². The molecule has 180 valence electrons. The van der Waals surface area contributed by atoms with E-state index < -0.39 is 18.0 Å². The predicted octanol–water partition coefficient (Wildman–Crippen LogP) is 6.14. The van der Waals surface area contributed by atoms with Crippen molar-refractivity contribution in [3.8, 4) is 11.5 Å². The predicted molar refractivity (Wildman–Crippen MR) is 145 cm³/mol. The minimum Gasteiger partial charge on any atom is -0.481 e. The third-order valence-corrected chi connectivity index (χ3v) is 5.67. The van der Waals surface area contributed by atoms with Gasteiger partial charge in [0.05, 0.1) is 6.21 Å². The third-order valence-electron chi connectivity index (χ3n) is 5.18. The minimum atomic E-state index is -0.772. The van der Waals surface area contributed by atoms with E-state index in [0.717, 1.165) is 20.8 Å². The molecule has 0 aromatic heterocycles. The van der Waals surface area contributed by atoms with Gasteiger partial charge in [-0.3, -0.25) is 4.79 Å². The summed E-state index contributed by atoms with van der Waals surface area (Å²) in [5.74, 6) is -0.0551. The molecule has 0 saturated heterocycles. The second kappa shape index (κ2) is 12.0. The first kappa shape index (κ1) is 24.9. The van der Waals surface area contributed by atoms with Gasteiger partial charge in [-0.1, -0.05) is 76.6 Å². The Bertz CT molecular complexity index is 1430. The van der Waals surface area contributed by atoms with Crippen molar-refractivity contribution >= 4 is 50.9 Å². The van der Waals surface area contributed by atoms with E-state index in [4.69, 9.17) is 9.47 Å². The molecule has 1 atom stereocenters. The lowest BCUT2D eigenvalue weighted by Crippen LogP contribution is -2.33. The highest BCUT2D eigenvalue weighted by atomic mass is 79.9. The van der Waals surface area contributed by atoms with Crippen LogP contribution in [0.5, 0.6) is 11.5 Å². The van der Waals surface area contributed by atoms with Gasteiger partial charge in [-0.15, -0.1) is 0 Å². The van der Waals surface area contributed by atoms with Gasteiger partial charge in [0.1, 0.15) is 11.5 Å². The van der Waals surface area contributed by atoms with Crippen molar-refractivity contribution in [1.29, 1.82) is 0 Å². The van der Waals surface area contributed by atoms with E-state index in [1.54, 1.807) is 31.2 Å². The van der Waals surface area contributed by atoms with Gasteiger partial charge in [-0.25, -0.2) is 10.2 Å². The number of fused-ring (bicyclic) bond motifs is 1. The van der Waals surface area contributed by atoms with E-state index in [0.29, 0.717) is 17.1 Å². The molecule has 36 heavy (non-hydrogen) atoms. The zero-order valence-electron chi connectivity index (χ0n) is 19.4. The average molecular weight is 543 g/mol. The summed E-state index contributed by atoms with van der Waals surface area (Å²) in [6, 6.07) is 28.1. The van der Waals surface area contributed by atoms with Crippen molar-refractivity contribution in [3.63, 3.8) is 0 Å². The number of benzene rings is 4. The van der Waals surface area contributed by atoms with Crippen molar-refractivity contribution in [1.82, 2.24) is 5.43 Å². The highest BCUT2D eigenvalue weighted by Gasteiger charge is 2.14. The molecule has 0 bridgehead atoms. The molecule has 0 spiro atoms. The molecule has 7 heteroatoms. The van der Waals surface area contributed by atoms with Crippen molar-refractivity contribution in [2.24, 2.45) is 5.10 Å². The Morgan fingerprint density at radius 1 is 0.917 bits per heavy atom. The van der Waals surface area contributed by atoms with E-state index in [9.17, 15) is 9.59 Å². The zero-order valence-corrected chi connectivity index (χ0v) is 21.0. The van der Waals surface area contributed by atoms with Gasteiger partial charge in [0.15, 0.2) is 6.10 Å². The van der Waals surface area contributed by atoms with E-state index >= 15 is 0 Å². The SMILES string of the molecule is C[C@H](Oc1ccc2ccccc2c1)C(=O)N/N=C\c1cc(Br)ccc1OC(=O)/C=C/c1ccccc1. The first-order chi connectivity index (χ1) is 17.5. The zero-order chi connectivity index (χ0) is 25.3. The molecule has 0 aliphatic heterocycles. The van der Waals surface area contributed by atoms with Crippen LogP contribution in [0.15, 0.2) is 107 Å². The number of hydrogen-bond donors (Lipinski definition) is 1.